The van der Waals surface area contributed by atoms with Gasteiger partial charge in [-0.25, -0.2) is 4.98 Å². The summed E-state index contributed by atoms with van der Waals surface area (Å²) in [6.07, 6.45) is 0. The maximum absolute atomic E-state index is 10.8. The fourth-order valence-corrected chi connectivity index (χ4v) is 3.75. The van der Waals surface area contributed by atoms with Gasteiger partial charge in [0, 0.05) is 21.6 Å². The lowest BCUT2D eigenvalue weighted by Gasteiger charge is -2.28. The second-order valence-electron chi connectivity index (χ2n) is 7.82. The summed E-state index contributed by atoms with van der Waals surface area (Å²) in [5, 5.41) is 10.8. The Morgan fingerprint density at radius 2 is 1.45 bits per heavy atom. The van der Waals surface area contributed by atoms with E-state index < -0.39 is 0 Å². The molecule has 2 rings (SSSR count). The van der Waals surface area contributed by atoms with Gasteiger partial charge >= 0.3 is 0 Å². The molecule has 0 radical (unpaired) electrons. The minimum Gasteiger partial charge on any atom is -0.507 e. The molecule has 0 saturated heterocycles. The zero-order chi connectivity index (χ0) is 16.9. The maximum Gasteiger partial charge on any atom is 0.147 e. The van der Waals surface area contributed by atoms with Crippen molar-refractivity contribution in [2.24, 2.45) is 0 Å². The summed E-state index contributed by atoms with van der Waals surface area (Å²) in [5.41, 5.74) is 3.68. The molecule has 0 unspecified atom stereocenters. The third kappa shape index (κ3) is 3.33. The normalized spacial score (nSPS) is 12.7. The zero-order valence-corrected chi connectivity index (χ0v) is 16.1. The van der Waals surface area contributed by atoms with Gasteiger partial charge in [-0.15, -0.1) is 24.0 Å². The van der Waals surface area contributed by atoms with E-state index in [0.29, 0.717) is 5.75 Å². The topological polar surface area (TPSA) is 33.1 Å². The monoisotopic (exact) mass is 335 g/mol. The van der Waals surface area contributed by atoms with Crippen LogP contribution in [0.4, 0.5) is 0 Å². The molecule has 0 aliphatic rings. The molecule has 1 aromatic carbocycles. The second-order valence-corrected chi connectivity index (χ2v) is 9.75. The summed E-state index contributed by atoms with van der Waals surface area (Å²) >= 11 is 5.95. The van der Waals surface area contributed by atoms with E-state index in [4.69, 9.17) is 0 Å². The van der Waals surface area contributed by atoms with E-state index in [0.717, 1.165) is 31.6 Å². The molecular weight excluding hydrogens is 310 g/mol. The third-order valence-corrected chi connectivity index (χ3v) is 4.93. The first kappa shape index (κ1) is 17.4. The number of nitrogens with zero attached hydrogens (tertiary/aromatic N) is 1. The Balaban J connectivity index is 2.79. The number of thiazole rings is 1. The Kier molecular flexibility index (Phi) is 4.39. The van der Waals surface area contributed by atoms with E-state index in [2.05, 4.69) is 78.2 Å². The first-order chi connectivity index (χ1) is 9.91. The van der Waals surface area contributed by atoms with Crippen molar-refractivity contribution in [3.8, 4) is 17.0 Å². The van der Waals surface area contributed by atoms with Gasteiger partial charge in [-0.1, -0.05) is 41.5 Å². The van der Waals surface area contributed by atoms with Gasteiger partial charge in [0.1, 0.15) is 10.1 Å². The van der Waals surface area contributed by atoms with Gasteiger partial charge in [0.05, 0.1) is 5.69 Å². The molecule has 2 nitrogen and oxygen atoms in total. The number of phenols is 1. The molecule has 0 atom stereocenters. The highest BCUT2D eigenvalue weighted by atomic mass is 32.2. The van der Waals surface area contributed by atoms with Crippen molar-refractivity contribution in [3.05, 3.63) is 28.1 Å². The van der Waals surface area contributed by atoms with Gasteiger partial charge in [-0.2, -0.15) is 0 Å². The number of aromatic hydroxyl groups is 1. The van der Waals surface area contributed by atoms with Crippen molar-refractivity contribution in [3.63, 3.8) is 0 Å². The Morgan fingerprint density at radius 1 is 1.00 bits per heavy atom. The smallest absolute Gasteiger partial charge is 0.147 e. The highest BCUT2D eigenvalue weighted by Crippen LogP contribution is 2.42. The van der Waals surface area contributed by atoms with E-state index in [1.54, 1.807) is 11.3 Å². The predicted molar refractivity (Wildman–Crippen MR) is 98.6 cm³/mol. The molecule has 0 spiro atoms. The minimum absolute atomic E-state index is 0.131. The van der Waals surface area contributed by atoms with Gasteiger partial charge < -0.3 is 5.11 Å². The average molecular weight is 336 g/mol. The first-order valence-electron chi connectivity index (χ1n) is 7.46. The van der Waals surface area contributed by atoms with E-state index in [-0.39, 0.29) is 10.8 Å². The van der Waals surface area contributed by atoms with Crippen LogP contribution in [-0.4, -0.2) is 10.1 Å². The van der Waals surface area contributed by atoms with Gasteiger partial charge in [-0.05, 0) is 29.9 Å². The minimum atomic E-state index is -0.131. The molecule has 0 saturated carbocycles. The molecule has 2 aromatic rings. The molecular formula is C18H25NOS2. The van der Waals surface area contributed by atoms with Crippen molar-refractivity contribution >= 4 is 24.0 Å². The van der Waals surface area contributed by atoms with Gasteiger partial charge in [0.25, 0.3) is 0 Å². The molecule has 120 valence electrons. The quantitative estimate of drug-likeness (QED) is 0.655. The highest BCUT2D eigenvalue weighted by molar-refractivity contribution is 7.82. The number of rotatable bonds is 1. The fraction of sp³-hybridized carbons (Fsp3) is 0.500. The second kappa shape index (κ2) is 5.57. The fourth-order valence-electron chi connectivity index (χ4n) is 2.56. The molecule has 0 amide bonds. The molecule has 0 aliphatic heterocycles. The summed E-state index contributed by atoms with van der Waals surface area (Å²) in [6, 6.07) is 4.14. The molecule has 1 heterocycles. The predicted octanol–water partition coefficient (Wildman–Crippen LogP) is 5.71. The Morgan fingerprint density at radius 3 is 1.77 bits per heavy atom. The first-order valence-corrected chi connectivity index (χ1v) is 8.72. The summed E-state index contributed by atoms with van der Waals surface area (Å²) in [6.45, 7) is 14.8. The van der Waals surface area contributed by atoms with Crippen LogP contribution in [0.15, 0.2) is 16.5 Å². The van der Waals surface area contributed by atoms with Crippen LogP contribution in [0, 0.1) is 6.92 Å². The summed E-state index contributed by atoms with van der Waals surface area (Å²) in [4.78, 5) is 5.71. The van der Waals surface area contributed by atoms with Crippen LogP contribution in [-0.2, 0) is 10.8 Å². The van der Waals surface area contributed by atoms with Gasteiger partial charge in [0.15, 0.2) is 0 Å². The number of thiol groups is 1. The maximum atomic E-state index is 10.8. The molecule has 4 heteroatoms. The molecule has 22 heavy (non-hydrogen) atoms. The van der Waals surface area contributed by atoms with Crippen molar-refractivity contribution < 1.29 is 5.11 Å². The number of phenolic OH excluding ortho intramolecular Hbond substituents is 1. The van der Waals surface area contributed by atoms with Crippen LogP contribution in [0.5, 0.6) is 5.75 Å². The van der Waals surface area contributed by atoms with E-state index in [9.17, 15) is 5.11 Å². The standard InChI is InChI=1S/C18H25NOS2/c1-10-14(19-16(21)22-10)11-8-12(17(2,3)4)15(20)13(9-11)18(5,6)7/h8-9,20H,1-7H3,(H,19,21). The van der Waals surface area contributed by atoms with Crippen LogP contribution in [0.25, 0.3) is 11.3 Å². The summed E-state index contributed by atoms with van der Waals surface area (Å²) < 4.78 is 0.773. The third-order valence-electron chi connectivity index (χ3n) is 3.78. The van der Waals surface area contributed by atoms with Crippen LogP contribution >= 0.6 is 24.0 Å². The number of benzene rings is 1. The van der Waals surface area contributed by atoms with Gasteiger partial charge in [-0.3, -0.25) is 0 Å². The average Bonchev–Trinajstić information content (AvgIpc) is 2.65. The van der Waals surface area contributed by atoms with Crippen molar-refractivity contribution in [1.29, 1.82) is 0 Å². The Bertz CT molecular complexity index is 668. The summed E-state index contributed by atoms with van der Waals surface area (Å²) in [5.74, 6) is 0.405. The largest absolute Gasteiger partial charge is 0.507 e. The molecule has 0 fully saturated rings. The van der Waals surface area contributed by atoms with Crippen molar-refractivity contribution in [2.45, 2.75) is 63.6 Å². The van der Waals surface area contributed by atoms with E-state index >= 15 is 0 Å². The van der Waals surface area contributed by atoms with E-state index in [1.807, 2.05) is 0 Å². The number of aromatic nitrogens is 1. The van der Waals surface area contributed by atoms with Crippen LogP contribution in [0.2, 0.25) is 0 Å². The Hall–Kier alpha value is -1.00. The number of hydrogen-bond acceptors (Lipinski definition) is 4. The number of aryl methyl sites for hydroxylation is 1. The highest BCUT2D eigenvalue weighted by Gasteiger charge is 2.27. The lowest BCUT2D eigenvalue weighted by molar-refractivity contribution is 0.423. The van der Waals surface area contributed by atoms with Crippen molar-refractivity contribution in [1.82, 2.24) is 4.98 Å². The number of hydrogen-bond donors (Lipinski definition) is 2. The molecule has 0 bridgehead atoms. The Labute approximate surface area is 143 Å². The molecule has 1 N–H and O–H groups in total. The summed E-state index contributed by atoms with van der Waals surface area (Å²) in [7, 11) is 0. The zero-order valence-electron chi connectivity index (χ0n) is 14.4. The van der Waals surface area contributed by atoms with Gasteiger partial charge in [0.2, 0.25) is 0 Å². The SMILES string of the molecule is Cc1sc(S)nc1-c1cc(C(C)(C)C)c(O)c(C(C)(C)C)c1. The molecule has 1 aromatic heterocycles. The lowest BCUT2D eigenvalue weighted by Crippen LogP contribution is -2.17. The molecule has 0 aliphatic carbocycles. The van der Waals surface area contributed by atoms with Crippen molar-refractivity contribution in [2.75, 3.05) is 0 Å². The lowest BCUT2D eigenvalue weighted by atomic mass is 9.78. The van der Waals surface area contributed by atoms with Crippen LogP contribution in [0.3, 0.4) is 0 Å². The van der Waals surface area contributed by atoms with Crippen LogP contribution in [0.1, 0.15) is 57.5 Å². The van der Waals surface area contributed by atoms with Crippen LogP contribution < -0.4 is 0 Å². The van der Waals surface area contributed by atoms with E-state index in [1.165, 1.54) is 0 Å².